The smallest absolute Gasteiger partial charge is 0.143 e. The Morgan fingerprint density at radius 2 is 1.89 bits per heavy atom. The first-order valence-corrected chi connectivity index (χ1v) is 6.64. The average molecular weight is 261 g/mol. The maximum Gasteiger partial charge on any atom is 0.143 e. The molecule has 0 heterocycles. The number of nitrogens with two attached hydrogens (primary N) is 1. The van der Waals surface area contributed by atoms with Crippen molar-refractivity contribution in [2.24, 2.45) is 0 Å². The molecule has 19 heavy (non-hydrogen) atoms. The second-order valence-corrected chi connectivity index (χ2v) is 5.10. The molecule has 0 amide bonds. The summed E-state index contributed by atoms with van der Waals surface area (Å²) in [4.78, 5) is 2.35. The van der Waals surface area contributed by atoms with E-state index in [4.69, 9.17) is 15.7 Å². The number of anilines is 1. The summed E-state index contributed by atoms with van der Waals surface area (Å²) in [5, 5.41) is 8.91. The molecule has 1 aromatic carbocycles. The Labute approximate surface area is 115 Å². The van der Waals surface area contributed by atoms with E-state index in [9.17, 15) is 0 Å². The zero-order valence-electron chi connectivity index (χ0n) is 12.2. The molecule has 4 nitrogen and oxygen atoms in total. The lowest BCUT2D eigenvalue weighted by Gasteiger charge is -2.30. The molecule has 0 atom stereocenters. The quantitative estimate of drug-likeness (QED) is 0.800. The molecule has 0 bridgehead atoms. The number of nitriles is 1. The first-order valence-electron chi connectivity index (χ1n) is 6.64. The standard InChI is InChI=1S/C15H23N3O/c1-11(2)18(12(3)4)8-9-19-14-7-5-6-13(10-16)15(14)17/h5-7,11-12H,8-9,17H2,1-4H3. The molecule has 0 aliphatic rings. The molecule has 0 aliphatic heterocycles. The van der Waals surface area contributed by atoms with Crippen LogP contribution in [0.1, 0.15) is 33.3 Å². The lowest BCUT2D eigenvalue weighted by Crippen LogP contribution is -2.39. The summed E-state index contributed by atoms with van der Waals surface area (Å²) in [6, 6.07) is 8.28. The number of hydrogen-bond acceptors (Lipinski definition) is 4. The second-order valence-electron chi connectivity index (χ2n) is 5.10. The van der Waals surface area contributed by atoms with Crippen LogP contribution in [0.2, 0.25) is 0 Å². The third-order valence-corrected chi connectivity index (χ3v) is 3.12. The van der Waals surface area contributed by atoms with E-state index in [0.29, 0.717) is 35.7 Å². The fourth-order valence-electron chi connectivity index (χ4n) is 2.14. The minimum Gasteiger partial charge on any atom is -0.490 e. The van der Waals surface area contributed by atoms with Crippen molar-refractivity contribution in [2.45, 2.75) is 39.8 Å². The third-order valence-electron chi connectivity index (χ3n) is 3.12. The monoisotopic (exact) mass is 261 g/mol. The summed E-state index contributed by atoms with van der Waals surface area (Å²) in [7, 11) is 0. The van der Waals surface area contributed by atoms with E-state index >= 15 is 0 Å². The highest BCUT2D eigenvalue weighted by molar-refractivity contribution is 5.62. The van der Waals surface area contributed by atoms with Crippen molar-refractivity contribution < 1.29 is 4.74 Å². The first-order chi connectivity index (χ1) is 8.97. The fourth-order valence-corrected chi connectivity index (χ4v) is 2.14. The minimum absolute atomic E-state index is 0.422. The van der Waals surface area contributed by atoms with Gasteiger partial charge < -0.3 is 10.5 Å². The predicted molar refractivity (Wildman–Crippen MR) is 78.0 cm³/mol. The number of hydrogen-bond donors (Lipinski definition) is 1. The Balaban J connectivity index is 2.61. The van der Waals surface area contributed by atoms with Crippen LogP contribution < -0.4 is 10.5 Å². The van der Waals surface area contributed by atoms with Gasteiger partial charge in [-0.25, -0.2) is 0 Å². The zero-order chi connectivity index (χ0) is 14.4. The van der Waals surface area contributed by atoms with E-state index in [1.54, 1.807) is 18.2 Å². The van der Waals surface area contributed by atoms with Crippen molar-refractivity contribution in [2.75, 3.05) is 18.9 Å². The van der Waals surface area contributed by atoms with Gasteiger partial charge in [0.25, 0.3) is 0 Å². The molecule has 1 aromatic rings. The second kappa shape index (κ2) is 7.01. The van der Waals surface area contributed by atoms with E-state index in [2.05, 4.69) is 38.7 Å². The summed E-state index contributed by atoms with van der Waals surface area (Å²) in [6.45, 7) is 10.1. The summed E-state index contributed by atoms with van der Waals surface area (Å²) in [5.41, 5.74) is 6.75. The molecule has 4 heteroatoms. The molecular weight excluding hydrogens is 238 g/mol. The Kier molecular flexibility index (Phi) is 5.65. The van der Waals surface area contributed by atoms with Gasteiger partial charge in [-0.2, -0.15) is 5.26 Å². The van der Waals surface area contributed by atoms with E-state index in [0.717, 1.165) is 6.54 Å². The summed E-state index contributed by atoms with van der Waals surface area (Å²) in [6.07, 6.45) is 0. The van der Waals surface area contributed by atoms with Crippen LogP contribution in [0.15, 0.2) is 18.2 Å². The van der Waals surface area contributed by atoms with Gasteiger partial charge in [0.05, 0.1) is 11.3 Å². The molecule has 0 fully saturated rings. The Bertz CT molecular complexity index is 441. The zero-order valence-corrected chi connectivity index (χ0v) is 12.2. The van der Waals surface area contributed by atoms with E-state index < -0.39 is 0 Å². The fraction of sp³-hybridized carbons (Fsp3) is 0.533. The Morgan fingerprint density at radius 3 is 2.42 bits per heavy atom. The minimum atomic E-state index is 0.422. The summed E-state index contributed by atoms with van der Waals surface area (Å²) in [5.74, 6) is 0.589. The van der Waals surface area contributed by atoms with Crippen LogP contribution in [0.5, 0.6) is 5.75 Å². The van der Waals surface area contributed by atoms with E-state index in [1.807, 2.05) is 0 Å². The van der Waals surface area contributed by atoms with Gasteiger partial charge in [0, 0.05) is 18.6 Å². The van der Waals surface area contributed by atoms with Crippen molar-refractivity contribution in [3.63, 3.8) is 0 Å². The molecule has 2 N–H and O–H groups in total. The highest BCUT2D eigenvalue weighted by Crippen LogP contribution is 2.24. The molecule has 1 rings (SSSR count). The van der Waals surface area contributed by atoms with Gasteiger partial charge in [0.1, 0.15) is 18.4 Å². The molecular formula is C15H23N3O. The number of ether oxygens (including phenoxy) is 1. The van der Waals surface area contributed by atoms with Crippen LogP contribution in [0, 0.1) is 11.3 Å². The first kappa shape index (κ1) is 15.3. The topological polar surface area (TPSA) is 62.3 Å². The van der Waals surface area contributed by atoms with Crippen LogP contribution in [0.25, 0.3) is 0 Å². The van der Waals surface area contributed by atoms with Gasteiger partial charge in [-0.05, 0) is 39.8 Å². The van der Waals surface area contributed by atoms with Crippen molar-refractivity contribution in [3.8, 4) is 11.8 Å². The molecule has 0 saturated carbocycles. The Hall–Kier alpha value is -1.73. The Morgan fingerprint density at radius 1 is 1.26 bits per heavy atom. The van der Waals surface area contributed by atoms with Gasteiger partial charge >= 0.3 is 0 Å². The molecule has 0 saturated heterocycles. The number of nitrogen functional groups attached to an aromatic ring is 1. The predicted octanol–water partition coefficient (Wildman–Crippen LogP) is 2.64. The van der Waals surface area contributed by atoms with Crippen LogP contribution in [-0.4, -0.2) is 30.1 Å². The number of rotatable bonds is 6. The normalized spacial score (nSPS) is 11.1. The third kappa shape index (κ3) is 4.15. The largest absolute Gasteiger partial charge is 0.490 e. The van der Waals surface area contributed by atoms with Crippen LogP contribution >= 0.6 is 0 Å². The molecule has 0 radical (unpaired) electrons. The average Bonchev–Trinajstić information content (AvgIpc) is 2.35. The number of nitrogens with zero attached hydrogens (tertiary/aromatic N) is 2. The molecule has 104 valence electrons. The van der Waals surface area contributed by atoms with E-state index in [1.165, 1.54) is 0 Å². The lowest BCUT2D eigenvalue weighted by molar-refractivity contribution is 0.142. The van der Waals surface area contributed by atoms with Gasteiger partial charge in [-0.1, -0.05) is 6.07 Å². The maximum absolute atomic E-state index is 8.91. The van der Waals surface area contributed by atoms with Crippen molar-refractivity contribution in [3.05, 3.63) is 23.8 Å². The summed E-state index contributed by atoms with van der Waals surface area (Å²) >= 11 is 0. The maximum atomic E-state index is 8.91. The lowest BCUT2D eigenvalue weighted by atomic mass is 10.2. The highest BCUT2D eigenvalue weighted by atomic mass is 16.5. The van der Waals surface area contributed by atoms with Crippen LogP contribution in [-0.2, 0) is 0 Å². The van der Waals surface area contributed by atoms with Gasteiger partial charge in [-0.3, -0.25) is 4.90 Å². The van der Waals surface area contributed by atoms with Gasteiger partial charge in [0.15, 0.2) is 0 Å². The number of para-hydroxylation sites is 1. The SMILES string of the molecule is CC(C)N(CCOc1cccc(C#N)c1N)C(C)C. The van der Waals surface area contributed by atoms with E-state index in [-0.39, 0.29) is 0 Å². The molecule has 0 spiro atoms. The molecule has 0 aliphatic carbocycles. The van der Waals surface area contributed by atoms with Crippen molar-refractivity contribution in [1.82, 2.24) is 4.90 Å². The van der Waals surface area contributed by atoms with Crippen molar-refractivity contribution in [1.29, 1.82) is 5.26 Å². The van der Waals surface area contributed by atoms with Crippen molar-refractivity contribution >= 4 is 5.69 Å². The number of benzene rings is 1. The van der Waals surface area contributed by atoms with Crippen LogP contribution in [0.4, 0.5) is 5.69 Å². The van der Waals surface area contributed by atoms with Gasteiger partial charge in [0.2, 0.25) is 0 Å². The summed E-state index contributed by atoms with van der Waals surface area (Å²) < 4.78 is 5.69. The van der Waals surface area contributed by atoms with Gasteiger partial charge in [-0.15, -0.1) is 0 Å². The molecule has 0 aromatic heterocycles. The molecule has 0 unspecified atom stereocenters. The highest BCUT2D eigenvalue weighted by Gasteiger charge is 2.13. The van der Waals surface area contributed by atoms with Crippen LogP contribution in [0.3, 0.4) is 0 Å².